The van der Waals surface area contributed by atoms with Gasteiger partial charge >= 0.3 is 80.4 Å². The zero-order valence-electron chi connectivity index (χ0n) is 63.1. The van der Waals surface area contributed by atoms with Crippen molar-refractivity contribution in [3.63, 3.8) is 0 Å². The van der Waals surface area contributed by atoms with E-state index in [2.05, 4.69) is 83.1 Å². The molecule has 0 aromatic carbocycles. The minimum atomic E-state index is -4.94. The fourth-order valence-corrected chi connectivity index (χ4v) is 9.75. The summed E-state index contributed by atoms with van der Waals surface area (Å²) >= 11 is 0. The van der Waals surface area contributed by atoms with Crippen LogP contribution in [0, 0.1) is 233 Å². The molecule has 4 radical (unpaired) electrons. The number of hydrogen-bond acceptors (Lipinski definition) is 82. The maximum Gasteiger partial charge on any atom is 6.00 e. The summed E-state index contributed by atoms with van der Waals surface area (Å²) < 4.78 is 691. The second-order valence-corrected chi connectivity index (χ2v) is 41.7. The van der Waals surface area contributed by atoms with Gasteiger partial charge in [0.15, 0.2) is 0 Å². The summed E-state index contributed by atoms with van der Waals surface area (Å²) in [5.41, 5.74) is 0. The van der Waals surface area contributed by atoms with Crippen LogP contribution in [0.4, 0.5) is 0 Å². The van der Waals surface area contributed by atoms with Crippen LogP contribution < -0.4 is 373 Å². The Morgan fingerprint density at radius 3 is 0.179 bits per heavy atom. The molecule has 134 heavy (non-hydrogen) atoms. The smallest absolute Gasteiger partial charge is 0.430 e. The molecule has 4 atom stereocenters. The molecule has 0 N–H and O–H groups in total. The Morgan fingerprint density at radius 2 is 0.157 bits per heavy atom. The van der Waals surface area contributed by atoms with Gasteiger partial charge < -0.3 is 37.2 Å². The SMILES string of the molecule is [CH2-]C(OC([CH2-])P(CC)CC)P(CC)CC.[CH2-]C(OC([CH2-])P(CC)CC)P(CC)CC.[O-][Cl+3]([O-])([O-])[O-].[O-][Cl+3]([O-])([O-])[O-].[O-][Cl+3]([O-])([O-])[O-].[O-][Cl+3]([O-])([O-])[O-].[O-][Cl+3]([O-])([O-])[O-].[O-][Cl+3]([O-])([O-])[O-].[O-][Cl+3]([O-])([O-])[O-].[O-][Cl+3]([O-])([O-])[O-].[O-][Cl+3]([O-])([O-])[O-].[O-][Cl+3]([O-])([O-])[O-].[O-][Cl+3]([O-])([O-])[O-].[O-][Cl+3]([O-])([O-])[O-].[O-][Cl+3]([O-])([O-])[O-].[O-][Cl+3]([O-])([O-])[O-].[O-][Cl+3]([O-])([O-])[O-].[O-][Cl+3]([O-])([O-])[O-].[O-][Cl+3]([O-])([O-])[O-].[O-][Cl+3]([O-])([O-])[O-].[O-][Cl+3]([O-])([O-])[O-].[O-][Cl+3]([O-])([O-])[O-].[Tc+6].[Tc+6].[Tc+6].[Tc+6]. The standard InChI is InChI=1S/2C12H26OP2.20ClHO4.4Tc/c2*1-7-14(8-2)11(5)13-12(6)15(9-3)10-4;20*2-1(3,4)5;;;;/h2*11-12H,5-10H2,1-4H3;20*(H,2,3,4,5);;;;/q2*-2;;;;;;;;;;;;;;;;;;;;;4*+6/p-20. The average Bonchev–Trinajstić information content (AvgIpc) is 3.30. The van der Waals surface area contributed by atoms with E-state index in [0.29, 0.717) is 0 Å². The van der Waals surface area contributed by atoms with Gasteiger partial charge in [-0.05, 0) is 72.7 Å². The molecule has 0 rings (SSSR count). The van der Waals surface area contributed by atoms with Gasteiger partial charge in [0.2, 0.25) is 0 Å². The third-order valence-corrected chi connectivity index (χ3v) is 15.8. The van der Waals surface area contributed by atoms with Crippen molar-refractivity contribution >= 4 is 31.7 Å². The molecule has 828 valence electrons. The Labute approximate surface area is 847 Å². The van der Waals surface area contributed by atoms with Crippen LogP contribution in [0.5, 0.6) is 0 Å². The van der Waals surface area contributed by atoms with Gasteiger partial charge in [0.1, 0.15) is 0 Å². The van der Waals surface area contributed by atoms with Gasteiger partial charge in [-0.1, -0.05) is 55.4 Å². The summed E-state index contributed by atoms with van der Waals surface area (Å²) in [6.45, 7) is 34.5. The van der Waals surface area contributed by atoms with E-state index in [-0.39, 0.29) is 135 Å². The van der Waals surface area contributed by atoms with Crippen LogP contribution in [0.3, 0.4) is 0 Å². The van der Waals surface area contributed by atoms with Crippen molar-refractivity contribution in [2.24, 2.45) is 0 Å². The molecule has 0 spiro atoms. The number of rotatable bonds is 16. The van der Waals surface area contributed by atoms with Gasteiger partial charge in [0.05, 0.1) is 0 Å². The molecule has 0 aliphatic carbocycles. The van der Waals surface area contributed by atoms with E-state index < -0.39 is 205 Å². The Hall–Kier alpha value is 6.84. The van der Waals surface area contributed by atoms with Gasteiger partial charge in [-0.25, -0.2) is 373 Å². The molecular weight excluding hydrogens is 2830 g/mol. The van der Waals surface area contributed by atoms with Crippen molar-refractivity contribution in [1.82, 2.24) is 0 Å². The van der Waals surface area contributed by atoms with Gasteiger partial charge in [-0.15, -0.1) is 237 Å². The number of halogens is 20. The van der Waals surface area contributed by atoms with Crippen LogP contribution in [0.2, 0.25) is 0 Å². The second-order valence-electron chi connectivity index (χ2n) is 14.5. The monoisotopic (exact) mass is 2860 g/mol. The maximum atomic E-state index is 8.49. The average molecular weight is 2880 g/mol. The van der Waals surface area contributed by atoms with E-state index in [1.54, 1.807) is 0 Å². The molecule has 0 amide bonds. The second kappa shape index (κ2) is 104. The van der Waals surface area contributed by atoms with Crippen LogP contribution in [-0.4, -0.2) is 72.7 Å². The largest absolute Gasteiger partial charge is 6.00 e. The zero-order chi connectivity index (χ0) is 114. The van der Waals surface area contributed by atoms with E-state index in [4.69, 9.17) is 382 Å². The fourth-order valence-electron chi connectivity index (χ4n) is 3.23. The van der Waals surface area contributed by atoms with Crippen molar-refractivity contribution in [3.8, 4) is 0 Å². The van der Waals surface area contributed by atoms with Crippen molar-refractivity contribution in [2.45, 2.75) is 78.8 Å². The molecule has 0 bridgehead atoms. The third-order valence-electron chi connectivity index (χ3n) is 5.51. The first kappa shape index (κ1) is 209. The summed E-state index contributed by atoms with van der Waals surface area (Å²) in [4.78, 5) is 0. The molecule has 0 aromatic rings. The Morgan fingerprint density at radius 1 is 0.127 bits per heavy atom. The number of ether oxygens (including phenoxy) is 2. The maximum absolute atomic E-state index is 8.49. The van der Waals surface area contributed by atoms with Crippen molar-refractivity contribution in [1.29, 1.82) is 0 Å². The molecule has 110 heteroatoms. The molecule has 0 saturated carbocycles. The molecule has 0 aliphatic rings. The predicted octanol–water partition coefficient (Wildman–Crippen LogP) is -86.4. The topological polar surface area (TPSA) is 1860 Å². The molecule has 82 nitrogen and oxygen atoms in total. The molecule has 0 saturated heterocycles. The van der Waals surface area contributed by atoms with Crippen LogP contribution in [0.15, 0.2) is 0 Å². The van der Waals surface area contributed by atoms with Crippen LogP contribution in [-0.2, 0) is 89.9 Å². The van der Waals surface area contributed by atoms with Crippen LogP contribution >= 0.6 is 31.7 Å². The van der Waals surface area contributed by atoms with E-state index in [1.165, 1.54) is 49.3 Å². The van der Waals surface area contributed by atoms with Gasteiger partial charge in [-0.3, -0.25) is 0 Å². The fraction of sp³-hybridized carbons (Fsp3) is 0.833. The van der Waals surface area contributed by atoms with E-state index in [9.17, 15) is 0 Å². The number of hydrogen-bond donors (Lipinski definition) is 0. The summed E-state index contributed by atoms with van der Waals surface area (Å²) in [5, 5.41) is 0. The summed E-state index contributed by atoms with van der Waals surface area (Å²) in [6, 6.07) is 0. The summed E-state index contributed by atoms with van der Waals surface area (Å²) in [6.07, 6.45) is 9.69. The summed E-state index contributed by atoms with van der Waals surface area (Å²) in [5.74, 6) is 0.724. The normalized spacial score (nSPS) is 12.5. The molecule has 0 aromatic heterocycles. The Bertz CT molecular complexity index is 1540. The molecule has 0 aliphatic heterocycles. The van der Waals surface area contributed by atoms with Crippen molar-refractivity contribution in [3.05, 3.63) is 27.7 Å². The van der Waals surface area contributed by atoms with E-state index >= 15 is 0 Å². The Kier molecular flexibility index (Phi) is 162. The van der Waals surface area contributed by atoms with Gasteiger partial charge in [0, 0.05) is 0 Å². The first-order valence-corrected chi connectivity index (χ1v) is 56.0. The first-order chi connectivity index (χ1) is 54.2. The first-order valence-electron chi connectivity index (χ1n) is 24.1. The molecule has 0 fully saturated rings. The van der Waals surface area contributed by atoms with Gasteiger partial charge in [0.25, 0.3) is 0 Å². The molecular formula is C24H52Cl20O82P4Tc4. The van der Waals surface area contributed by atoms with Crippen molar-refractivity contribution in [2.75, 3.05) is 49.3 Å². The molecule has 0 heterocycles. The zero-order valence-corrected chi connectivity index (χ0v) is 89.3. The van der Waals surface area contributed by atoms with E-state index in [0.717, 1.165) is 0 Å². The van der Waals surface area contributed by atoms with E-state index in [1.807, 2.05) is 0 Å². The Balaban J connectivity index is -0.0000000385. The van der Waals surface area contributed by atoms with Crippen LogP contribution in [0.25, 0.3) is 0 Å². The van der Waals surface area contributed by atoms with Gasteiger partial charge in [-0.2, -0.15) is 0 Å². The van der Waals surface area contributed by atoms with Crippen molar-refractivity contribution < 1.29 is 667 Å². The molecule has 4 unspecified atom stereocenters. The predicted molar refractivity (Wildman–Crippen MR) is 151 cm³/mol. The minimum absolute atomic E-state index is 0. The third kappa shape index (κ3) is 1200. The van der Waals surface area contributed by atoms with Crippen LogP contribution in [0.1, 0.15) is 55.4 Å². The summed E-state index contributed by atoms with van der Waals surface area (Å²) in [7, 11) is -99.1. The quantitative estimate of drug-likeness (QED) is 0.102. The minimum Gasteiger partial charge on any atom is -0.430 e.